The molecule has 1 aliphatic heterocycles. The van der Waals surface area contributed by atoms with E-state index < -0.39 is 75.1 Å². The molecule has 0 aromatic heterocycles. The Bertz CT molecular complexity index is 353. The average molecular weight is 358 g/mol. The summed E-state index contributed by atoms with van der Waals surface area (Å²) in [5.41, 5.74) is 0. The Balaban J connectivity index is 2.91. The van der Waals surface area contributed by atoms with Crippen LogP contribution in [0.2, 0.25) is 0 Å². The fourth-order valence-electron chi connectivity index (χ4n) is 2.34. The van der Waals surface area contributed by atoms with Gasteiger partial charge in [0.15, 0.2) is 12.6 Å². The number of ether oxygens (including phenoxy) is 3. The van der Waals surface area contributed by atoms with Crippen LogP contribution in [0, 0.1) is 0 Å². The molecule has 6 unspecified atom stereocenters. The Labute approximate surface area is 138 Å². The van der Waals surface area contributed by atoms with Gasteiger partial charge in [-0.15, -0.1) is 0 Å². The summed E-state index contributed by atoms with van der Waals surface area (Å²) in [5.74, 6) is 0. The second kappa shape index (κ2) is 9.89. The monoisotopic (exact) mass is 358 g/mol. The standard InChI is InChI=1S/C13H26O11/c1-5(17)22-8(4-16)12(6(18)2-14)24-13-11(21)10(20)9(19)7(3-15)23-13/h5-21H,2-4H2,1H3/t5?,6?,7?,8?,9-,10?,11?,12+,13-/m1/s1. The molecule has 1 rings (SSSR count). The van der Waals surface area contributed by atoms with Crippen molar-refractivity contribution in [3.63, 3.8) is 0 Å². The van der Waals surface area contributed by atoms with Crippen LogP contribution in [0.1, 0.15) is 6.92 Å². The molecule has 1 aliphatic rings. The van der Waals surface area contributed by atoms with Gasteiger partial charge in [0.2, 0.25) is 0 Å². The van der Waals surface area contributed by atoms with Gasteiger partial charge < -0.3 is 55.1 Å². The molecule has 0 radical (unpaired) electrons. The van der Waals surface area contributed by atoms with Crippen LogP contribution in [0.4, 0.5) is 0 Å². The maximum Gasteiger partial charge on any atom is 0.187 e. The third-order valence-corrected chi connectivity index (χ3v) is 3.62. The lowest BCUT2D eigenvalue weighted by atomic mass is 9.99. The molecule has 24 heavy (non-hydrogen) atoms. The summed E-state index contributed by atoms with van der Waals surface area (Å²) in [6.45, 7) is -0.920. The number of rotatable bonds is 9. The lowest BCUT2D eigenvalue weighted by molar-refractivity contribution is -0.330. The van der Waals surface area contributed by atoms with Crippen molar-refractivity contribution in [2.45, 2.75) is 62.2 Å². The fraction of sp³-hybridized carbons (Fsp3) is 1.00. The van der Waals surface area contributed by atoms with Gasteiger partial charge >= 0.3 is 0 Å². The van der Waals surface area contributed by atoms with Gasteiger partial charge in [-0.05, 0) is 6.92 Å². The Morgan fingerprint density at radius 3 is 2.04 bits per heavy atom. The van der Waals surface area contributed by atoms with Crippen molar-refractivity contribution in [3.05, 3.63) is 0 Å². The highest BCUT2D eigenvalue weighted by Gasteiger charge is 2.46. The number of aliphatic hydroxyl groups excluding tert-OH is 8. The number of aliphatic hydroxyl groups is 8. The molecule has 8 N–H and O–H groups in total. The van der Waals surface area contributed by atoms with E-state index in [1.54, 1.807) is 0 Å². The van der Waals surface area contributed by atoms with Crippen molar-refractivity contribution in [2.24, 2.45) is 0 Å². The van der Waals surface area contributed by atoms with Crippen molar-refractivity contribution >= 4 is 0 Å². The van der Waals surface area contributed by atoms with Crippen LogP contribution in [-0.4, -0.2) is 116 Å². The predicted octanol–water partition coefficient (Wildman–Crippen LogP) is -4.76. The smallest absolute Gasteiger partial charge is 0.187 e. The number of hydrogen-bond donors (Lipinski definition) is 8. The van der Waals surface area contributed by atoms with Crippen LogP contribution in [0.25, 0.3) is 0 Å². The van der Waals surface area contributed by atoms with E-state index in [1.165, 1.54) is 6.92 Å². The van der Waals surface area contributed by atoms with Crippen molar-refractivity contribution in [1.29, 1.82) is 0 Å². The van der Waals surface area contributed by atoms with Crippen molar-refractivity contribution in [2.75, 3.05) is 19.8 Å². The molecule has 0 aromatic carbocycles. The first-order valence-corrected chi connectivity index (χ1v) is 7.46. The maximum atomic E-state index is 9.92. The summed E-state index contributed by atoms with van der Waals surface area (Å²) >= 11 is 0. The minimum atomic E-state index is -1.73. The average Bonchev–Trinajstić information content (AvgIpc) is 2.56. The van der Waals surface area contributed by atoms with Crippen LogP contribution >= 0.6 is 0 Å². The van der Waals surface area contributed by atoms with E-state index in [4.69, 9.17) is 24.4 Å². The van der Waals surface area contributed by atoms with Crippen LogP contribution in [0.3, 0.4) is 0 Å². The Morgan fingerprint density at radius 2 is 1.58 bits per heavy atom. The summed E-state index contributed by atoms with van der Waals surface area (Å²) in [4.78, 5) is 0. The molecule has 0 spiro atoms. The van der Waals surface area contributed by atoms with Gasteiger partial charge in [0.1, 0.15) is 42.7 Å². The van der Waals surface area contributed by atoms with Crippen LogP contribution < -0.4 is 0 Å². The molecule has 0 saturated carbocycles. The maximum absolute atomic E-state index is 9.92. The van der Waals surface area contributed by atoms with Crippen LogP contribution in [0.5, 0.6) is 0 Å². The van der Waals surface area contributed by atoms with Gasteiger partial charge in [-0.3, -0.25) is 0 Å². The first-order valence-electron chi connectivity index (χ1n) is 7.46. The van der Waals surface area contributed by atoms with Crippen molar-refractivity contribution in [3.8, 4) is 0 Å². The quantitative estimate of drug-likeness (QED) is 0.185. The fourth-order valence-corrected chi connectivity index (χ4v) is 2.34. The van der Waals surface area contributed by atoms with Crippen LogP contribution in [0.15, 0.2) is 0 Å². The van der Waals surface area contributed by atoms with Crippen molar-refractivity contribution in [1.82, 2.24) is 0 Å². The molecule has 144 valence electrons. The Morgan fingerprint density at radius 1 is 0.958 bits per heavy atom. The summed E-state index contributed by atoms with van der Waals surface area (Å²) in [6.07, 6.45) is -13.5. The molecule has 0 amide bonds. The molecule has 0 aliphatic carbocycles. The molecule has 11 nitrogen and oxygen atoms in total. The van der Waals surface area contributed by atoms with Gasteiger partial charge in [0.25, 0.3) is 0 Å². The minimum absolute atomic E-state index is 0.675. The van der Waals surface area contributed by atoms with Gasteiger partial charge in [0, 0.05) is 0 Å². The first kappa shape index (κ1) is 21.6. The molecule has 11 heteroatoms. The molecule has 1 heterocycles. The van der Waals surface area contributed by atoms with E-state index in [9.17, 15) is 30.6 Å². The Kier molecular flexibility index (Phi) is 8.90. The SMILES string of the molecule is CC(O)OC(CO)[C@@H](O[C@H]1OC(CO)[C@@H](O)C(O)C1O)C(O)CO. The first-order chi connectivity index (χ1) is 11.3. The molecular weight excluding hydrogens is 332 g/mol. The van der Waals surface area contributed by atoms with Gasteiger partial charge in [0.05, 0.1) is 19.8 Å². The van der Waals surface area contributed by atoms with E-state index in [2.05, 4.69) is 0 Å². The molecule has 1 saturated heterocycles. The topological polar surface area (TPSA) is 190 Å². The second-order valence-corrected chi connectivity index (χ2v) is 5.50. The highest BCUT2D eigenvalue weighted by atomic mass is 16.7. The van der Waals surface area contributed by atoms with Gasteiger partial charge in [-0.2, -0.15) is 0 Å². The minimum Gasteiger partial charge on any atom is -0.394 e. The Hall–Kier alpha value is -0.440. The number of hydrogen-bond acceptors (Lipinski definition) is 11. The summed E-state index contributed by atoms with van der Waals surface area (Å²) < 4.78 is 15.4. The molecule has 9 atom stereocenters. The molecule has 1 fully saturated rings. The molecule has 0 bridgehead atoms. The van der Waals surface area contributed by atoms with Gasteiger partial charge in [-0.25, -0.2) is 0 Å². The normalized spacial score (nSPS) is 36.1. The third-order valence-electron chi connectivity index (χ3n) is 3.62. The summed E-state index contributed by atoms with van der Waals surface area (Å²) in [6, 6.07) is 0. The summed E-state index contributed by atoms with van der Waals surface area (Å²) in [5, 5.41) is 76.0. The third kappa shape index (κ3) is 5.28. The molecule has 0 aromatic rings. The van der Waals surface area contributed by atoms with Gasteiger partial charge in [-0.1, -0.05) is 0 Å². The van der Waals surface area contributed by atoms with E-state index in [-0.39, 0.29) is 0 Å². The zero-order chi connectivity index (χ0) is 18.4. The lowest BCUT2D eigenvalue weighted by Crippen LogP contribution is -2.61. The zero-order valence-electron chi connectivity index (χ0n) is 13.1. The van der Waals surface area contributed by atoms with E-state index >= 15 is 0 Å². The van der Waals surface area contributed by atoms with E-state index in [1.807, 2.05) is 0 Å². The lowest BCUT2D eigenvalue weighted by Gasteiger charge is -2.42. The highest BCUT2D eigenvalue weighted by molar-refractivity contribution is 4.90. The zero-order valence-corrected chi connectivity index (χ0v) is 13.1. The predicted molar refractivity (Wildman–Crippen MR) is 75.4 cm³/mol. The highest BCUT2D eigenvalue weighted by Crippen LogP contribution is 2.25. The second-order valence-electron chi connectivity index (χ2n) is 5.50. The van der Waals surface area contributed by atoms with Crippen LogP contribution in [-0.2, 0) is 14.2 Å². The van der Waals surface area contributed by atoms with Crippen molar-refractivity contribution < 1.29 is 55.1 Å². The van der Waals surface area contributed by atoms with E-state index in [0.29, 0.717) is 0 Å². The summed E-state index contributed by atoms with van der Waals surface area (Å²) in [7, 11) is 0. The molecular formula is C13H26O11. The largest absolute Gasteiger partial charge is 0.394 e. The van der Waals surface area contributed by atoms with E-state index in [0.717, 1.165) is 0 Å².